The van der Waals surface area contributed by atoms with Gasteiger partial charge in [-0.2, -0.15) is 0 Å². The zero-order valence-corrected chi connectivity index (χ0v) is 11.5. The van der Waals surface area contributed by atoms with Gasteiger partial charge >= 0.3 is 5.97 Å². The molecule has 1 saturated carbocycles. The fourth-order valence-electron chi connectivity index (χ4n) is 2.69. The minimum atomic E-state index is -0.703. The van der Waals surface area contributed by atoms with Crippen molar-refractivity contribution in [3.05, 3.63) is 0 Å². The highest BCUT2D eigenvalue weighted by molar-refractivity contribution is 5.76. The molecule has 18 heavy (non-hydrogen) atoms. The highest BCUT2D eigenvalue weighted by Crippen LogP contribution is 2.29. The number of carboxylic acid groups (broad SMARTS) is 1. The van der Waals surface area contributed by atoms with Crippen LogP contribution in [0, 0.1) is 5.92 Å². The Kier molecular flexibility index (Phi) is 6.16. The Balaban J connectivity index is 2.33. The van der Waals surface area contributed by atoms with Gasteiger partial charge < -0.3 is 10.0 Å². The molecular weight excluding hydrogens is 230 g/mol. The molecule has 104 valence electrons. The van der Waals surface area contributed by atoms with E-state index in [1.54, 1.807) is 0 Å². The zero-order chi connectivity index (χ0) is 13.5. The van der Waals surface area contributed by atoms with Crippen LogP contribution in [0.25, 0.3) is 0 Å². The lowest BCUT2D eigenvalue weighted by atomic mass is 9.83. The third kappa shape index (κ3) is 4.67. The van der Waals surface area contributed by atoms with Crippen molar-refractivity contribution in [3.8, 4) is 0 Å². The Morgan fingerprint density at radius 3 is 2.33 bits per heavy atom. The topological polar surface area (TPSA) is 57.6 Å². The van der Waals surface area contributed by atoms with E-state index in [4.69, 9.17) is 5.11 Å². The van der Waals surface area contributed by atoms with Crippen molar-refractivity contribution < 1.29 is 14.7 Å². The molecule has 1 amide bonds. The monoisotopic (exact) mass is 255 g/mol. The molecule has 1 aliphatic rings. The first-order chi connectivity index (χ1) is 8.54. The molecule has 0 radical (unpaired) electrons. The second kappa shape index (κ2) is 7.39. The molecule has 0 aromatic rings. The van der Waals surface area contributed by atoms with Crippen LogP contribution >= 0.6 is 0 Å². The van der Waals surface area contributed by atoms with Crippen LogP contribution in [0.3, 0.4) is 0 Å². The van der Waals surface area contributed by atoms with Crippen molar-refractivity contribution in [1.29, 1.82) is 0 Å². The summed E-state index contributed by atoms with van der Waals surface area (Å²) in [5.41, 5.74) is 0. The Labute approximate surface area is 109 Å². The number of hydrogen-bond donors (Lipinski definition) is 1. The molecule has 0 heterocycles. The molecule has 4 heteroatoms. The minimum absolute atomic E-state index is 0.235. The van der Waals surface area contributed by atoms with E-state index in [9.17, 15) is 9.59 Å². The first-order valence-corrected chi connectivity index (χ1v) is 7.02. The third-order valence-corrected chi connectivity index (χ3v) is 3.96. The summed E-state index contributed by atoms with van der Waals surface area (Å²) < 4.78 is 0. The van der Waals surface area contributed by atoms with Gasteiger partial charge in [0.1, 0.15) is 0 Å². The SMILES string of the molecule is CCCCC(=O)N(C)C1CCC(CC(=O)O)CC1. The largest absolute Gasteiger partial charge is 0.481 e. The van der Waals surface area contributed by atoms with Gasteiger partial charge in [-0.3, -0.25) is 9.59 Å². The summed E-state index contributed by atoms with van der Waals surface area (Å²) >= 11 is 0. The van der Waals surface area contributed by atoms with E-state index >= 15 is 0 Å². The van der Waals surface area contributed by atoms with E-state index in [1.165, 1.54) is 0 Å². The summed E-state index contributed by atoms with van der Waals surface area (Å²) in [6.07, 6.45) is 6.69. The Morgan fingerprint density at radius 1 is 1.22 bits per heavy atom. The van der Waals surface area contributed by atoms with Gasteiger partial charge in [-0.15, -0.1) is 0 Å². The second-order valence-corrected chi connectivity index (χ2v) is 5.38. The minimum Gasteiger partial charge on any atom is -0.481 e. The summed E-state index contributed by atoms with van der Waals surface area (Å²) in [6, 6.07) is 0.319. The molecule has 0 saturated heterocycles. The highest BCUT2D eigenvalue weighted by atomic mass is 16.4. The first kappa shape index (κ1) is 15.0. The standard InChI is InChI=1S/C14H25NO3/c1-3-4-5-13(16)15(2)12-8-6-11(7-9-12)10-14(17)18/h11-12H,3-10H2,1-2H3,(H,17,18). The maximum atomic E-state index is 11.9. The molecule has 0 atom stereocenters. The van der Waals surface area contributed by atoms with Crippen molar-refractivity contribution in [3.63, 3.8) is 0 Å². The smallest absolute Gasteiger partial charge is 0.303 e. The number of hydrogen-bond acceptors (Lipinski definition) is 2. The van der Waals surface area contributed by atoms with Crippen LogP contribution in [0.1, 0.15) is 58.3 Å². The number of nitrogens with zero attached hydrogens (tertiary/aromatic N) is 1. The molecule has 0 unspecified atom stereocenters. The number of carbonyl (C=O) groups is 2. The van der Waals surface area contributed by atoms with Gasteiger partial charge in [0.05, 0.1) is 0 Å². The van der Waals surface area contributed by atoms with Crippen LogP contribution in [0.4, 0.5) is 0 Å². The van der Waals surface area contributed by atoms with Gasteiger partial charge in [-0.05, 0) is 38.0 Å². The van der Waals surface area contributed by atoms with E-state index in [2.05, 4.69) is 6.92 Å². The predicted octanol–water partition coefficient (Wildman–Crippen LogP) is 2.67. The van der Waals surface area contributed by atoms with Crippen molar-refractivity contribution in [1.82, 2.24) is 4.90 Å². The van der Waals surface area contributed by atoms with E-state index in [0.29, 0.717) is 18.4 Å². The number of carbonyl (C=O) groups excluding carboxylic acids is 1. The van der Waals surface area contributed by atoms with Gasteiger partial charge in [-0.25, -0.2) is 0 Å². The maximum Gasteiger partial charge on any atom is 0.303 e. The normalized spacial score (nSPS) is 23.7. The molecule has 0 aromatic heterocycles. The molecule has 4 nitrogen and oxygen atoms in total. The summed E-state index contributed by atoms with van der Waals surface area (Å²) in [5.74, 6) is -0.165. The molecular formula is C14H25NO3. The van der Waals surface area contributed by atoms with Crippen LogP contribution in [0.2, 0.25) is 0 Å². The van der Waals surface area contributed by atoms with Crippen LogP contribution in [0.5, 0.6) is 0 Å². The van der Waals surface area contributed by atoms with Gasteiger partial charge in [0, 0.05) is 25.9 Å². The van der Waals surface area contributed by atoms with E-state index in [0.717, 1.165) is 38.5 Å². The quantitative estimate of drug-likeness (QED) is 0.793. The molecule has 0 bridgehead atoms. The van der Waals surface area contributed by atoms with E-state index in [-0.39, 0.29) is 12.3 Å². The molecule has 1 aliphatic carbocycles. The van der Waals surface area contributed by atoms with Gasteiger partial charge in [0.2, 0.25) is 5.91 Å². The van der Waals surface area contributed by atoms with Gasteiger partial charge in [0.15, 0.2) is 0 Å². The average molecular weight is 255 g/mol. The molecule has 1 N–H and O–H groups in total. The summed E-state index contributed by atoms with van der Waals surface area (Å²) in [5, 5.41) is 8.76. The van der Waals surface area contributed by atoms with E-state index in [1.807, 2.05) is 11.9 Å². The Morgan fingerprint density at radius 2 is 1.83 bits per heavy atom. The van der Waals surface area contributed by atoms with Crippen molar-refractivity contribution in [2.24, 2.45) is 5.92 Å². The first-order valence-electron chi connectivity index (χ1n) is 7.02. The van der Waals surface area contributed by atoms with Gasteiger partial charge in [-0.1, -0.05) is 13.3 Å². The second-order valence-electron chi connectivity index (χ2n) is 5.38. The van der Waals surface area contributed by atoms with Crippen LogP contribution in [-0.2, 0) is 9.59 Å². The van der Waals surface area contributed by atoms with E-state index < -0.39 is 5.97 Å². The predicted molar refractivity (Wildman–Crippen MR) is 70.3 cm³/mol. The number of carboxylic acids is 1. The molecule has 0 aromatic carbocycles. The average Bonchev–Trinajstić information content (AvgIpc) is 2.35. The number of rotatable bonds is 6. The lowest BCUT2D eigenvalue weighted by Crippen LogP contribution is -2.39. The zero-order valence-electron chi connectivity index (χ0n) is 11.5. The maximum absolute atomic E-state index is 11.9. The molecule has 0 spiro atoms. The fourth-order valence-corrected chi connectivity index (χ4v) is 2.69. The Hall–Kier alpha value is -1.06. The lowest BCUT2D eigenvalue weighted by Gasteiger charge is -2.34. The van der Waals surface area contributed by atoms with Crippen molar-refractivity contribution in [2.45, 2.75) is 64.3 Å². The summed E-state index contributed by atoms with van der Waals surface area (Å²) in [4.78, 5) is 24.4. The lowest BCUT2D eigenvalue weighted by molar-refractivity contribution is -0.139. The van der Waals surface area contributed by atoms with Crippen molar-refractivity contribution in [2.75, 3.05) is 7.05 Å². The highest BCUT2D eigenvalue weighted by Gasteiger charge is 2.27. The summed E-state index contributed by atoms with van der Waals surface area (Å²) in [7, 11) is 1.89. The molecule has 1 fully saturated rings. The number of unbranched alkanes of at least 4 members (excludes halogenated alkanes) is 1. The summed E-state index contributed by atoms with van der Waals surface area (Å²) in [6.45, 7) is 2.09. The Bertz CT molecular complexity index is 283. The van der Waals surface area contributed by atoms with Crippen LogP contribution < -0.4 is 0 Å². The van der Waals surface area contributed by atoms with Crippen LogP contribution in [0.15, 0.2) is 0 Å². The number of amides is 1. The van der Waals surface area contributed by atoms with Crippen LogP contribution in [-0.4, -0.2) is 35.0 Å². The van der Waals surface area contributed by atoms with Crippen molar-refractivity contribution >= 4 is 11.9 Å². The van der Waals surface area contributed by atoms with Gasteiger partial charge in [0.25, 0.3) is 0 Å². The molecule has 0 aliphatic heterocycles. The molecule has 1 rings (SSSR count). The number of aliphatic carboxylic acids is 1. The third-order valence-electron chi connectivity index (χ3n) is 3.96. The fraction of sp³-hybridized carbons (Fsp3) is 0.857.